The highest BCUT2D eigenvalue weighted by Gasteiger charge is 2.28. The number of halogens is 2. The highest BCUT2D eigenvalue weighted by Crippen LogP contribution is 2.37. The van der Waals surface area contributed by atoms with Crippen molar-refractivity contribution in [2.75, 3.05) is 19.3 Å². The topological polar surface area (TPSA) is 71.2 Å². The molecule has 1 aromatic carbocycles. The molecule has 3 heterocycles. The van der Waals surface area contributed by atoms with Crippen molar-refractivity contribution in [3.63, 3.8) is 0 Å². The monoisotopic (exact) mass is 402 g/mol. The molecule has 5 nitrogen and oxygen atoms in total. The SMILES string of the molecule is CNC(=O)c1sc2nc([C@@H]3CCCN3Cc3cc(F)cc(F)c3)ccc2c1N. The summed E-state index contributed by atoms with van der Waals surface area (Å²) in [5.74, 6) is -1.36. The van der Waals surface area contributed by atoms with Gasteiger partial charge in [0, 0.05) is 25.0 Å². The molecule has 1 fully saturated rings. The standard InChI is InChI=1S/C20H20F2N4OS/c1-24-19(27)18-17(23)14-4-5-15(25-20(14)28-18)16-3-2-6-26(16)10-11-7-12(21)9-13(22)8-11/h4-5,7-9,16H,2-3,6,10,23H2,1H3,(H,24,27)/t16-/m0/s1. The number of benzene rings is 1. The van der Waals surface area contributed by atoms with Crippen molar-refractivity contribution in [3.05, 3.63) is 58.1 Å². The normalized spacial score (nSPS) is 17.3. The number of nitrogens with zero attached hydrogens (tertiary/aromatic N) is 2. The number of hydrogen-bond donors (Lipinski definition) is 2. The zero-order valence-electron chi connectivity index (χ0n) is 15.3. The number of nitrogen functional groups attached to an aromatic ring is 1. The fraction of sp³-hybridized carbons (Fsp3) is 0.300. The summed E-state index contributed by atoms with van der Waals surface area (Å²) in [6.07, 6.45) is 1.90. The molecule has 1 saturated heterocycles. The zero-order chi connectivity index (χ0) is 19.8. The molecule has 1 aliphatic heterocycles. The number of carbonyl (C=O) groups excluding carboxylic acids is 1. The van der Waals surface area contributed by atoms with E-state index in [-0.39, 0.29) is 11.9 Å². The predicted molar refractivity (Wildman–Crippen MR) is 106 cm³/mol. The van der Waals surface area contributed by atoms with E-state index in [1.54, 1.807) is 7.05 Å². The third-order valence-corrected chi connectivity index (χ3v) is 6.18. The lowest BCUT2D eigenvalue weighted by Crippen LogP contribution is -2.23. The zero-order valence-corrected chi connectivity index (χ0v) is 16.2. The molecule has 1 aliphatic rings. The van der Waals surface area contributed by atoms with Crippen molar-refractivity contribution in [1.29, 1.82) is 0 Å². The van der Waals surface area contributed by atoms with Crippen molar-refractivity contribution < 1.29 is 13.6 Å². The fourth-order valence-electron chi connectivity index (χ4n) is 3.77. The second-order valence-corrected chi connectivity index (χ2v) is 7.92. The number of hydrogen-bond acceptors (Lipinski definition) is 5. The van der Waals surface area contributed by atoms with Gasteiger partial charge in [-0.1, -0.05) is 0 Å². The van der Waals surface area contributed by atoms with Crippen LogP contribution in [-0.4, -0.2) is 29.4 Å². The van der Waals surface area contributed by atoms with Gasteiger partial charge in [-0.2, -0.15) is 0 Å². The largest absolute Gasteiger partial charge is 0.397 e. The van der Waals surface area contributed by atoms with Crippen LogP contribution in [0.2, 0.25) is 0 Å². The quantitative estimate of drug-likeness (QED) is 0.695. The average Bonchev–Trinajstić information content (AvgIpc) is 3.24. The second kappa shape index (κ2) is 7.44. The van der Waals surface area contributed by atoms with Gasteiger partial charge in [0.25, 0.3) is 5.91 Å². The van der Waals surface area contributed by atoms with Gasteiger partial charge >= 0.3 is 0 Å². The molecule has 3 aromatic rings. The number of pyridine rings is 1. The maximum absolute atomic E-state index is 13.5. The van der Waals surface area contributed by atoms with Gasteiger partial charge in [0.2, 0.25) is 0 Å². The van der Waals surface area contributed by atoms with Gasteiger partial charge in [-0.3, -0.25) is 9.69 Å². The Morgan fingerprint density at radius 3 is 2.79 bits per heavy atom. The number of likely N-dealkylation sites (tertiary alicyclic amines) is 1. The summed E-state index contributed by atoms with van der Waals surface area (Å²) in [5.41, 5.74) is 8.03. The molecule has 1 amide bonds. The summed E-state index contributed by atoms with van der Waals surface area (Å²) in [7, 11) is 1.57. The first kappa shape index (κ1) is 18.8. The van der Waals surface area contributed by atoms with Gasteiger partial charge < -0.3 is 11.1 Å². The van der Waals surface area contributed by atoms with Crippen molar-refractivity contribution in [3.8, 4) is 0 Å². The molecular weight excluding hydrogens is 382 g/mol. The number of carbonyl (C=O) groups is 1. The molecule has 3 N–H and O–H groups in total. The minimum Gasteiger partial charge on any atom is -0.397 e. The van der Waals surface area contributed by atoms with E-state index in [0.717, 1.165) is 41.4 Å². The summed E-state index contributed by atoms with van der Waals surface area (Å²) >= 11 is 1.27. The highest BCUT2D eigenvalue weighted by atomic mass is 32.1. The van der Waals surface area contributed by atoms with Crippen LogP contribution in [0.5, 0.6) is 0 Å². The summed E-state index contributed by atoms with van der Waals surface area (Å²) in [6, 6.07) is 7.49. The lowest BCUT2D eigenvalue weighted by molar-refractivity contribution is 0.0968. The van der Waals surface area contributed by atoms with Gasteiger partial charge in [-0.25, -0.2) is 13.8 Å². The minimum absolute atomic E-state index is 0.0579. The third-order valence-electron chi connectivity index (χ3n) is 5.06. The molecule has 146 valence electrons. The number of nitrogens with one attached hydrogen (secondary N) is 1. The second-order valence-electron chi connectivity index (χ2n) is 6.92. The maximum Gasteiger partial charge on any atom is 0.263 e. The van der Waals surface area contributed by atoms with Crippen LogP contribution in [0.3, 0.4) is 0 Å². The number of anilines is 1. The highest BCUT2D eigenvalue weighted by molar-refractivity contribution is 7.21. The molecular formula is C20H20F2N4OS. The van der Waals surface area contributed by atoms with E-state index in [2.05, 4.69) is 10.2 Å². The van der Waals surface area contributed by atoms with Gasteiger partial charge in [0.15, 0.2) is 0 Å². The van der Waals surface area contributed by atoms with E-state index in [1.807, 2.05) is 12.1 Å². The molecule has 0 radical (unpaired) electrons. The predicted octanol–water partition coefficient (Wildman–Crippen LogP) is 3.85. The van der Waals surface area contributed by atoms with Gasteiger partial charge in [-0.05, 0) is 49.2 Å². The maximum atomic E-state index is 13.5. The van der Waals surface area contributed by atoms with Crippen LogP contribution in [-0.2, 0) is 6.54 Å². The Morgan fingerprint density at radius 2 is 2.07 bits per heavy atom. The first-order valence-electron chi connectivity index (χ1n) is 9.06. The molecule has 8 heteroatoms. The Morgan fingerprint density at radius 1 is 1.32 bits per heavy atom. The summed E-state index contributed by atoms with van der Waals surface area (Å²) in [4.78, 5) is 20.1. The molecule has 0 bridgehead atoms. The number of rotatable bonds is 4. The number of amides is 1. The van der Waals surface area contributed by atoms with Gasteiger partial charge in [0.05, 0.1) is 17.4 Å². The van der Waals surface area contributed by atoms with Crippen LogP contribution in [0.25, 0.3) is 10.2 Å². The van der Waals surface area contributed by atoms with Crippen molar-refractivity contribution in [2.45, 2.75) is 25.4 Å². The lowest BCUT2D eigenvalue weighted by Gasteiger charge is -2.24. The summed E-state index contributed by atoms with van der Waals surface area (Å²) in [5, 5.41) is 3.36. The van der Waals surface area contributed by atoms with Crippen LogP contribution in [0.15, 0.2) is 30.3 Å². The average molecular weight is 402 g/mol. The molecule has 4 rings (SSSR count). The van der Waals surface area contributed by atoms with Crippen molar-refractivity contribution in [1.82, 2.24) is 15.2 Å². The summed E-state index contributed by atoms with van der Waals surface area (Å²) < 4.78 is 27.0. The molecule has 0 saturated carbocycles. The third kappa shape index (κ3) is 3.45. The van der Waals surface area contributed by atoms with Crippen molar-refractivity contribution in [2.24, 2.45) is 0 Å². The Bertz CT molecular complexity index is 1030. The van der Waals surface area contributed by atoms with E-state index in [9.17, 15) is 13.6 Å². The van der Waals surface area contributed by atoms with Crippen LogP contribution >= 0.6 is 11.3 Å². The molecule has 0 aliphatic carbocycles. The first-order chi connectivity index (χ1) is 13.5. The van der Waals surface area contributed by atoms with E-state index in [0.29, 0.717) is 22.7 Å². The van der Waals surface area contributed by atoms with E-state index in [1.165, 1.54) is 23.5 Å². The minimum atomic E-state index is -0.568. The first-order valence-corrected chi connectivity index (χ1v) is 9.88. The number of fused-ring (bicyclic) bond motifs is 1. The van der Waals surface area contributed by atoms with Crippen LogP contribution in [0.4, 0.5) is 14.5 Å². The van der Waals surface area contributed by atoms with Crippen LogP contribution < -0.4 is 11.1 Å². The Kier molecular flexibility index (Phi) is 4.99. The van der Waals surface area contributed by atoms with Crippen LogP contribution in [0.1, 0.15) is 39.8 Å². The van der Waals surface area contributed by atoms with Crippen molar-refractivity contribution >= 4 is 33.1 Å². The molecule has 1 atom stereocenters. The molecule has 2 aromatic heterocycles. The smallest absolute Gasteiger partial charge is 0.263 e. The molecule has 0 unspecified atom stereocenters. The van der Waals surface area contributed by atoms with E-state index >= 15 is 0 Å². The number of thiophene rings is 1. The van der Waals surface area contributed by atoms with Gasteiger partial charge in [0.1, 0.15) is 21.3 Å². The molecule has 28 heavy (non-hydrogen) atoms. The number of nitrogens with two attached hydrogens (primary N) is 1. The fourth-order valence-corrected chi connectivity index (χ4v) is 4.81. The van der Waals surface area contributed by atoms with E-state index < -0.39 is 11.6 Å². The Labute approximate surface area is 165 Å². The lowest BCUT2D eigenvalue weighted by atomic mass is 10.1. The summed E-state index contributed by atoms with van der Waals surface area (Å²) in [6.45, 7) is 1.29. The Balaban J connectivity index is 1.63. The Hall–Kier alpha value is -2.58. The molecule has 0 spiro atoms. The van der Waals surface area contributed by atoms with Crippen LogP contribution in [0, 0.1) is 11.6 Å². The number of aromatic nitrogens is 1. The van der Waals surface area contributed by atoms with E-state index in [4.69, 9.17) is 10.7 Å². The van der Waals surface area contributed by atoms with Gasteiger partial charge in [-0.15, -0.1) is 11.3 Å².